The number of allylic oxidation sites excluding steroid dienone is 3. The number of rotatable bonds is 6. The van der Waals surface area contributed by atoms with Crippen LogP contribution in [0, 0.1) is 0 Å². The first-order valence-corrected chi connectivity index (χ1v) is 9.52. The SMILES string of the molecule is CC1=CC(=Nc2c(NCCCn3cc[n+](C)c3)nn3ccccc23)C(N)=CC1=O. The molecule has 0 amide bonds. The van der Waals surface area contributed by atoms with Crippen molar-refractivity contribution >= 4 is 28.5 Å². The minimum absolute atomic E-state index is 0.0851. The molecule has 8 nitrogen and oxygen atoms in total. The van der Waals surface area contributed by atoms with E-state index in [1.807, 2.05) is 42.2 Å². The number of ketones is 1. The Hall–Kier alpha value is -3.68. The Balaban J connectivity index is 1.58. The number of hydrogen-bond donors (Lipinski definition) is 2. The van der Waals surface area contributed by atoms with Gasteiger partial charge in [-0.2, -0.15) is 0 Å². The molecule has 0 radical (unpaired) electrons. The van der Waals surface area contributed by atoms with Crippen molar-refractivity contribution in [1.29, 1.82) is 0 Å². The van der Waals surface area contributed by atoms with E-state index in [9.17, 15) is 4.79 Å². The van der Waals surface area contributed by atoms with E-state index in [-0.39, 0.29) is 5.78 Å². The van der Waals surface area contributed by atoms with Gasteiger partial charge in [0, 0.05) is 25.2 Å². The number of carbonyl (C=O) groups excluding carboxylic acids is 1. The second kappa shape index (κ2) is 7.75. The average Bonchev–Trinajstić information content (AvgIpc) is 3.27. The zero-order valence-corrected chi connectivity index (χ0v) is 16.5. The van der Waals surface area contributed by atoms with Crippen LogP contribution in [0.5, 0.6) is 0 Å². The molecular formula is C21H24N7O+. The van der Waals surface area contributed by atoms with E-state index in [1.165, 1.54) is 6.08 Å². The van der Waals surface area contributed by atoms with Gasteiger partial charge in [0.1, 0.15) is 18.1 Å². The minimum Gasteiger partial charge on any atom is -0.397 e. The van der Waals surface area contributed by atoms with Crippen LogP contribution in [0.25, 0.3) is 5.52 Å². The van der Waals surface area contributed by atoms with Crippen molar-refractivity contribution in [3.05, 3.63) is 66.5 Å². The lowest BCUT2D eigenvalue weighted by Crippen LogP contribution is -2.23. The van der Waals surface area contributed by atoms with Crippen molar-refractivity contribution in [2.45, 2.75) is 19.9 Å². The summed E-state index contributed by atoms with van der Waals surface area (Å²) in [6.45, 7) is 3.42. The zero-order valence-electron chi connectivity index (χ0n) is 16.5. The molecule has 0 fully saturated rings. The fourth-order valence-corrected chi connectivity index (χ4v) is 3.22. The van der Waals surface area contributed by atoms with Crippen molar-refractivity contribution in [2.24, 2.45) is 17.8 Å². The van der Waals surface area contributed by atoms with Crippen LogP contribution in [0.3, 0.4) is 0 Å². The summed E-state index contributed by atoms with van der Waals surface area (Å²) in [6, 6.07) is 5.83. The predicted octanol–water partition coefficient (Wildman–Crippen LogP) is 1.91. The summed E-state index contributed by atoms with van der Waals surface area (Å²) in [7, 11) is 2.01. The second-order valence-corrected chi connectivity index (χ2v) is 7.11. The number of fused-ring (bicyclic) bond motifs is 1. The number of nitrogens with one attached hydrogen (secondary N) is 1. The fourth-order valence-electron chi connectivity index (χ4n) is 3.22. The largest absolute Gasteiger partial charge is 0.397 e. The Morgan fingerprint density at radius 2 is 2.14 bits per heavy atom. The number of aromatic nitrogens is 4. The molecule has 148 valence electrons. The molecule has 0 atom stereocenters. The maximum Gasteiger partial charge on any atom is 0.243 e. The number of nitrogens with two attached hydrogens (primary N) is 1. The summed E-state index contributed by atoms with van der Waals surface area (Å²) in [5.74, 6) is 0.607. The summed E-state index contributed by atoms with van der Waals surface area (Å²) in [5.41, 5.74) is 9.18. The highest BCUT2D eigenvalue weighted by molar-refractivity contribution is 6.22. The smallest absolute Gasteiger partial charge is 0.243 e. The Morgan fingerprint density at radius 1 is 1.28 bits per heavy atom. The first-order chi connectivity index (χ1) is 14.0. The van der Waals surface area contributed by atoms with E-state index in [4.69, 9.17) is 10.7 Å². The number of pyridine rings is 1. The van der Waals surface area contributed by atoms with Gasteiger partial charge < -0.3 is 11.1 Å². The van der Waals surface area contributed by atoms with Crippen molar-refractivity contribution in [3.63, 3.8) is 0 Å². The predicted molar refractivity (Wildman–Crippen MR) is 112 cm³/mol. The lowest BCUT2D eigenvalue weighted by molar-refractivity contribution is -0.671. The molecule has 0 saturated heterocycles. The van der Waals surface area contributed by atoms with Crippen molar-refractivity contribution < 1.29 is 9.36 Å². The van der Waals surface area contributed by atoms with Crippen LogP contribution in [0.2, 0.25) is 0 Å². The first kappa shape index (κ1) is 18.7. The van der Waals surface area contributed by atoms with Gasteiger partial charge in [0.25, 0.3) is 0 Å². The third kappa shape index (κ3) is 3.96. The number of hydrogen-bond acceptors (Lipinski definition) is 5. The molecule has 4 rings (SSSR count). The van der Waals surface area contributed by atoms with Gasteiger partial charge in [0.15, 0.2) is 11.6 Å². The molecule has 29 heavy (non-hydrogen) atoms. The highest BCUT2D eigenvalue weighted by Crippen LogP contribution is 2.31. The Morgan fingerprint density at radius 3 is 2.93 bits per heavy atom. The van der Waals surface area contributed by atoms with Gasteiger partial charge in [0.2, 0.25) is 6.33 Å². The molecular weight excluding hydrogens is 366 g/mol. The molecule has 3 aromatic rings. The van der Waals surface area contributed by atoms with Crippen LogP contribution >= 0.6 is 0 Å². The molecule has 3 heterocycles. The molecule has 0 aromatic carbocycles. The highest BCUT2D eigenvalue weighted by atomic mass is 16.1. The van der Waals surface area contributed by atoms with Gasteiger partial charge in [-0.15, -0.1) is 5.10 Å². The molecule has 0 aliphatic heterocycles. The van der Waals surface area contributed by atoms with Crippen molar-refractivity contribution in [1.82, 2.24) is 14.2 Å². The van der Waals surface area contributed by atoms with E-state index >= 15 is 0 Å². The number of aryl methyl sites for hydroxylation is 2. The normalized spacial score (nSPS) is 15.7. The minimum atomic E-state index is -0.0851. The Labute approximate surface area is 168 Å². The van der Waals surface area contributed by atoms with Crippen LogP contribution in [-0.2, 0) is 18.4 Å². The van der Waals surface area contributed by atoms with Crippen molar-refractivity contribution in [3.8, 4) is 0 Å². The molecule has 0 bridgehead atoms. The zero-order chi connectivity index (χ0) is 20.4. The Bertz CT molecular complexity index is 1160. The summed E-state index contributed by atoms with van der Waals surface area (Å²) < 4.78 is 5.95. The first-order valence-electron chi connectivity index (χ1n) is 9.52. The van der Waals surface area contributed by atoms with Gasteiger partial charge >= 0.3 is 0 Å². The van der Waals surface area contributed by atoms with Crippen molar-refractivity contribution in [2.75, 3.05) is 11.9 Å². The van der Waals surface area contributed by atoms with Crippen LogP contribution in [0.1, 0.15) is 13.3 Å². The van der Waals surface area contributed by atoms with Gasteiger partial charge in [-0.25, -0.2) is 18.6 Å². The van der Waals surface area contributed by atoms with Crippen LogP contribution in [0.15, 0.2) is 71.5 Å². The standard InChI is InChI=1S/C21H23N7O/c1-15-12-17(16(22)13-19(15)29)24-20-18-6-3-4-9-28(18)25-21(20)23-7-5-8-27-11-10-26(2)14-27/h3-4,6,9-14H,5,7-8H2,1-2H3,(H2-,22,23,25,29)/p+1. The van der Waals surface area contributed by atoms with E-state index in [0.717, 1.165) is 25.0 Å². The summed E-state index contributed by atoms with van der Waals surface area (Å²) in [5, 5.41) is 8.02. The maximum absolute atomic E-state index is 11.8. The quantitative estimate of drug-likeness (QED) is 0.382. The van der Waals surface area contributed by atoms with E-state index < -0.39 is 0 Å². The second-order valence-electron chi connectivity index (χ2n) is 7.11. The highest BCUT2D eigenvalue weighted by Gasteiger charge is 2.17. The van der Waals surface area contributed by atoms with Gasteiger partial charge in [-0.1, -0.05) is 6.07 Å². The van der Waals surface area contributed by atoms with Gasteiger partial charge in [0.05, 0.1) is 30.5 Å². The molecule has 3 N–H and O–H groups in total. The Kier molecular flexibility index (Phi) is 4.99. The molecule has 8 heteroatoms. The third-order valence-electron chi connectivity index (χ3n) is 4.78. The van der Waals surface area contributed by atoms with E-state index in [0.29, 0.717) is 28.5 Å². The summed E-state index contributed by atoms with van der Waals surface area (Å²) >= 11 is 0. The van der Waals surface area contributed by atoms with E-state index in [2.05, 4.69) is 27.5 Å². The monoisotopic (exact) mass is 390 g/mol. The number of carbonyl (C=O) groups is 1. The number of anilines is 1. The number of nitrogens with zero attached hydrogens (tertiary/aromatic N) is 5. The maximum atomic E-state index is 11.8. The molecule has 0 spiro atoms. The molecule has 0 unspecified atom stereocenters. The number of aliphatic imine (C=N–C) groups is 1. The molecule has 3 aromatic heterocycles. The molecule has 1 aliphatic rings. The lowest BCUT2D eigenvalue weighted by atomic mass is 10.0. The molecule has 0 saturated carbocycles. The van der Waals surface area contributed by atoms with E-state index in [1.54, 1.807) is 17.5 Å². The summed E-state index contributed by atoms with van der Waals surface area (Å²) in [6.07, 6.45) is 12.1. The van der Waals surface area contributed by atoms with Gasteiger partial charge in [-0.05, 0) is 30.7 Å². The summed E-state index contributed by atoms with van der Waals surface area (Å²) in [4.78, 5) is 16.6. The third-order valence-corrected chi connectivity index (χ3v) is 4.78. The van der Waals surface area contributed by atoms with Crippen LogP contribution in [-0.4, -0.2) is 32.2 Å². The fraction of sp³-hybridized carbons (Fsp3) is 0.238. The van der Waals surface area contributed by atoms with Crippen LogP contribution in [0.4, 0.5) is 11.5 Å². The topological polar surface area (TPSA) is 93.6 Å². The van der Waals surface area contributed by atoms with Crippen LogP contribution < -0.4 is 15.6 Å². The lowest BCUT2D eigenvalue weighted by Gasteiger charge is -2.10. The average molecular weight is 390 g/mol. The van der Waals surface area contributed by atoms with Gasteiger partial charge in [-0.3, -0.25) is 4.79 Å². The molecule has 1 aliphatic carbocycles. The number of imidazole rings is 1.